The summed E-state index contributed by atoms with van der Waals surface area (Å²) in [6.45, 7) is 8.46. The van der Waals surface area contributed by atoms with Gasteiger partial charge in [-0.1, -0.05) is 25.6 Å². The van der Waals surface area contributed by atoms with E-state index >= 15 is 0 Å². The molecule has 14 heavy (non-hydrogen) atoms. The highest BCUT2D eigenvalue weighted by Crippen LogP contribution is 2.24. The van der Waals surface area contributed by atoms with Crippen molar-refractivity contribution in [3.63, 3.8) is 0 Å². The molecule has 1 unspecified atom stereocenters. The second-order valence-corrected chi connectivity index (χ2v) is 5.68. The van der Waals surface area contributed by atoms with Gasteiger partial charge in [-0.25, -0.2) is 4.98 Å². The van der Waals surface area contributed by atoms with Gasteiger partial charge in [0.05, 0.1) is 0 Å². The summed E-state index contributed by atoms with van der Waals surface area (Å²) in [5, 5.41) is 3.96. The SMILES string of the molecule is CCCNCC(C)Sc1nc(C)ns1. The Kier molecular flexibility index (Phi) is 5.44. The minimum Gasteiger partial charge on any atom is -0.316 e. The molecule has 3 nitrogen and oxygen atoms in total. The number of aromatic nitrogens is 2. The molecule has 5 heteroatoms. The summed E-state index contributed by atoms with van der Waals surface area (Å²) in [5.41, 5.74) is 0. The van der Waals surface area contributed by atoms with E-state index < -0.39 is 0 Å². The Balaban J connectivity index is 2.23. The van der Waals surface area contributed by atoms with Gasteiger partial charge in [-0.2, -0.15) is 4.37 Å². The maximum Gasteiger partial charge on any atom is 0.170 e. The van der Waals surface area contributed by atoms with Crippen LogP contribution in [0, 0.1) is 6.92 Å². The van der Waals surface area contributed by atoms with E-state index in [4.69, 9.17) is 0 Å². The van der Waals surface area contributed by atoms with Gasteiger partial charge < -0.3 is 5.32 Å². The molecule has 1 atom stereocenters. The first kappa shape index (κ1) is 11.9. The van der Waals surface area contributed by atoms with Crippen molar-refractivity contribution in [1.82, 2.24) is 14.7 Å². The molecule has 0 aliphatic rings. The summed E-state index contributed by atoms with van der Waals surface area (Å²) in [5.74, 6) is 0.881. The third-order valence-electron chi connectivity index (χ3n) is 1.67. The highest BCUT2D eigenvalue weighted by atomic mass is 32.2. The van der Waals surface area contributed by atoms with Crippen LogP contribution in [0.15, 0.2) is 4.34 Å². The molecule has 0 amide bonds. The summed E-state index contributed by atoms with van der Waals surface area (Å²) in [6.07, 6.45) is 1.19. The molecule has 1 N–H and O–H groups in total. The van der Waals surface area contributed by atoms with Gasteiger partial charge in [-0.3, -0.25) is 0 Å². The maximum absolute atomic E-state index is 4.32. The van der Waals surface area contributed by atoms with E-state index in [0.717, 1.165) is 23.3 Å². The van der Waals surface area contributed by atoms with Crippen LogP contribution < -0.4 is 5.32 Å². The Hall–Kier alpha value is -0.130. The van der Waals surface area contributed by atoms with E-state index in [2.05, 4.69) is 28.5 Å². The Morgan fingerprint density at radius 1 is 1.57 bits per heavy atom. The van der Waals surface area contributed by atoms with E-state index in [1.54, 1.807) is 11.8 Å². The smallest absolute Gasteiger partial charge is 0.170 e. The molecule has 1 aromatic heterocycles. The topological polar surface area (TPSA) is 37.8 Å². The molecule has 80 valence electrons. The Morgan fingerprint density at radius 3 is 2.93 bits per heavy atom. The van der Waals surface area contributed by atoms with Crippen molar-refractivity contribution in [3.05, 3.63) is 5.82 Å². The normalized spacial score (nSPS) is 13.1. The zero-order valence-electron chi connectivity index (χ0n) is 8.91. The number of thioether (sulfide) groups is 1. The molecular formula is C9H17N3S2. The molecule has 1 aromatic rings. The minimum atomic E-state index is 0.564. The van der Waals surface area contributed by atoms with Crippen LogP contribution in [0.4, 0.5) is 0 Å². The second-order valence-electron chi connectivity index (χ2n) is 3.24. The van der Waals surface area contributed by atoms with Gasteiger partial charge >= 0.3 is 0 Å². The quantitative estimate of drug-likeness (QED) is 0.602. The van der Waals surface area contributed by atoms with Crippen LogP contribution in [0.3, 0.4) is 0 Å². The summed E-state index contributed by atoms with van der Waals surface area (Å²) in [7, 11) is 0. The number of hydrogen-bond donors (Lipinski definition) is 1. The second kappa shape index (κ2) is 6.37. The van der Waals surface area contributed by atoms with Crippen LogP contribution in [0.1, 0.15) is 26.1 Å². The van der Waals surface area contributed by atoms with Gasteiger partial charge in [0.1, 0.15) is 5.82 Å². The van der Waals surface area contributed by atoms with Gasteiger partial charge in [-0.15, -0.1) is 0 Å². The Labute approximate surface area is 93.9 Å². The number of nitrogens with zero attached hydrogens (tertiary/aromatic N) is 2. The lowest BCUT2D eigenvalue weighted by Crippen LogP contribution is -2.23. The molecule has 0 saturated carbocycles. The average molecular weight is 231 g/mol. The van der Waals surface area contributed by atoms with Crippen LogP contribution >= 0.6 is 23.3 Å². The molecule has 1 heterocycles. The third-order valence-corrected chi connectivity index (χ3v) is 3.65. The minimum absolute atomic E-state index is 0.564. The molecule has 0 fully saturated rings. The molecule has 0 aliphatic carbocycles. The molecule has 1 rings (SSSR count). The fourth-order valence-electron chi connectivity index (χ4n) is 1.02. The van der Waals surface area contributed by atoms with Gasteiger partial charge in [0.25, 0.3) is 0 Å². The fourth-order valence-corrected chi connectivity index (χ4v) is 2.95. The lowest BCUT2D eigenvalue weighted by atomic mass is 10.4. The molecule has 0 aliphatic heterocycles. The summed E-state index contributed by atoms with van der Waals surface area (Å²) in [4.78, 5) is 4.32. The third kappa shape index (κ3) is 4.39. The average Bonchev–Trinajstić information content (AvgIpc) is 2.52. The van der Waals surface area contributed by atoms with Gasteiger partial charge in [0.15, 0.2) is 4.34 Å². The van der Waals surface area contributed by atoms with Crippen LogP contribution in [-0.2, 0) is 0 Å². The standard InChI is InChI=1S/C9H17N3S2/c1-4-5-10-6-7(2)13-9-11-8(3)12-14-9/h7,10H,4-6H2,1-3H3. The largest absolute Gasteiger partial charge is 0.316 e. The first-order chi connectivity index (χ1) is 6.72. The molecule has 0 aromatic carbocycles. The van der Waals surface area contributed by atoms with E-state index in [1.807, 2.05) is 6.92 Å². The number of aryl methyl sites for hydroxylation is 1. The van der Waals surface area contributed by atoms with E-state index in [0.29, 0.717) is 5.25 Å². The van der Waals surface area contributed by atoms with E-state index in [1.165, 1.54) is 18.0 Å². The van der Waals surface area contributed by atoms with E-state index in [9.17, 15) is 0 Å². The molecule has 0 bridgehead atoms. The molecule has 0 radical (unpaired) electrons. The lowest BCUT2D eigenvalue weighted by Gasteiger charge is -2.09. The first-order valence-electron chi connectivity index (χ1n) is 4.90. The number of rotatable bonds is 6. The number of hydrogen-bond acceptors (Lipinski definition) is 5. The summed E-state index contributed by atoms with van der Waals surface area (Å²) in [6, 6.07) is 0. The monoisotopic (exact) mass is 231 g/mol. The van der Waals surface area contributed by atoms with E-state index in [-0.39, 0.29) is 0 Å². The molecule has 0 saturated heterocycles. The highest BCUT2D eigenvalue weighted by molar-refractivity contribution is 8.01. The lowest BCUT2D eigenvalue weighted by molar-refractivity contribution is 0.669. The van der Waals surface area contributed by atoms with Crippen molar-refractivity contribution in [1.29, 1.82) is 0 Å². The van der Waals surface area contributed by atoms with Gasteiger partial charge in [0, 0.05) is 11.8 Å². The first-order valence-corrected chi connectivity index (χ1v) is 6.55. The summed E-state index contributed by atoms with van der Waals surface area (Å²) < 4.78 is 5.23. The maximum atomic E-state index is 4.32. The van der Waals surface area contributed by atoms with Crippen molar-refractivity contribution >= 4 is 23.3 Å². The Morgan fingerprint density at radius 2 is 2.36 bits per heavy atom. The summed E-state index contributed by atoms with van der Waals surface area (Å²) >= 11 is 3.29. The van der Waals surface area contributed by atoms with Gasteiger partial charge in [0.2, 0.25) is 0 Å². The Bertz CT molecular complexity index is 262. The van der Waals surface area contributed by atoms with Crippen molar-refractivity contribution in [2.75, 3.05) is 13.1 Å². The molecular weight excluding hydrogens is 214 g/mol. The van der Waals surface area contributed by atoms with Crippen molar-refractivity contribution in [2.24, 2.45) is 0 Å². The highest BCUT2D eigenvalue weighted by Gasteiger charge is 2.07. The predicted molar refractivity (Wildman–Crippen MR) is 63.1 cm³/mol. The predicted octanol–water partition coefficient (Wildman–Crippen LogP) is 2.33. The van der Waals surface area contributed by atoms with Gasteiger partial charge in [-0.05, 0) is 31.4 Å². The zero-order chi connectivity index (χ0) is 10.4. The fraction of sp³-hybridized carbons (Fsp3) is 0.778. The van der Waals surface area contributed by atoms with Crippen LogP contribution in [0.2, 0.25) is 0 Å². The number of nitrogens with one attached hydrogen (secondary N) is 1. The van der Waals surface area contributed by atoms with Crippen LogP contribution in [0.25, 0.3) is 0 Å². The van der Waals surface area contributed by atoms with Crippen LogP contribution in [0.5, 0.6) is 0 Å². The molecule has 0 spiro atoms. The van der Waals surface area contributed by atoms with Crippen molar-refractivity contribution in [2.45, 2.75) is 36.8 Å². The van der Waals surface area contributed by atoms with Crippen LogP contribution in [-0.4, -0.2) is 27.7 Å². The van der Waals surface area contributed by atoms with Crippen molar-refractivity contribution < 1.29 is 0 Å². The van der Waals surface area contributed by atoms with Crippen molar-refractivity contribution in [3.8, 4) is 0 Å². The zero-order valence-corrected chi connectivity index (χ0v) is 10.5.